The molecule has 4 nitrogen and oxygen atoms in total. The summed E-state index contributed by atoms with van der Waals surface area (Å²) in [5.74, 6) is 1.03. The lowest BCUT2D eigenvalue weighted by atomic mass is 9.91. The second-order valence-electron chi connectivity index (χ2n) is 7.66. The number of hydrogen-bond acceptors (Lipinski definition) is 3. The molecule has 1 fully saturated rings. The van der Waals surface area contributed by atoms with Crippen molar-refractivity contribution in [2.45, 2.75) is 31.0 Å². The van der Waals surface area contributed by atoms with Gasteiger partial charge in [-0.05, 0) is 23.8 Å². The number of nitrogens with one attached hydrogen (secondary N) is 1. The minimum Gasteiger partial charge on any atom is -0.466 e. The van der Waals surface area contributed by atoms with E-state index in [0.29, 0.717) is 0 Å². The number of nitrogens with zero attached hydrogens (tertiary/aromatic N) is 2. The number of halogens is 1. The van der Waals surface area contributed by atoms with Gasteiger partial charge in [0.2, 0.25) is 5.72 Å². The predicted molar refractivity (Wildman–Crippen MR) is 106 cm³/mol. The summed E-state index contributed by atoms with van der Waals surface area (Å²) in [5.41, 5.74) is 3.32. The van der Waals surface area contributed by atoms with Crippen LogP contribution < -0.4 is 9.64 Å². The van der Waals surface area contributed by atoms with Gasteiger partial charge >= 0.3 is 0 Å². The van der Waals surface area contributed by atoms with Gasteiger partial charge in [0.15, 0.2) is 0 Å². The van der Waals surface area contributed by atoms with Crippen LogP contribution in [-0.4, -0.2) is 36.6 Å². The molecule has 1 saturated heterocycles. The Morgan fingerprint density at radius 3 is 2.69 bits per heavy atom. The first-order chi connectivity index (χ1) is 12.6. The number of piperidine rings is 1. The fourth-order valence-electron chi connectivity index (χ4n) is 4.46. The molecule has 0 amide bonds. The van der Waals surface area contributed by atoms with Gasteiger partial charge in [0, 0.05) is 16.5 Å². The minimum absolute atomic E-state index is 0.255. The van der Waals surface area contributed by atoms with Crippen molar-refractivity contribution in [1.29, 1.82) is 0 Å². The highest BCUT2D eigenvalue weighted by Crippen LogP contribution is 2.49. The number of hydrazone groups is 1. The first-order valence-corrected chi connectivity index (χ1v) is 10.2. The summed E-state index contributed by atoms with van der Waals surface area (Å²) in [6.07, 6.45) is 2.95. The lowest BCUT2D eigenvalue weighted by Crippen LogP contribution is -3.11. The van der Waals surface area contributed by atoms with Crippen molar-refractivity contribution in [1.82, 2.24) is 5.01 Å². The fourth-order valence-corrected chi connectivity index (χ4v) is 4.83. The van der Waals surface area contributed by atoms with Crippen molar-refractivity contribution in [2.75, 3.05) is 20.1 Å². The van der Waals surface area contributed by atoms with Crippen LogP contribution in [0, 0.1) is 0 Å². The third-order valence-corrected chi connectivity index (χ3v) is 6.44. The molecule has 0 bridgehead atoms. The standard InChI is InChI=1S/C21H22BrN3O/c1-24-11-9-21(10-12-24)25-19(17-13-16(22)7-8-20(17)26-21)14-18(23-25)15-5-3-2-4-6-15/h2-8,13,19H,9-12,14H2,1H3/p+1/t19-/m1/s1. The van der Waals surface area contributed by atoms with Crippen LogP contribution in [0.1, 0.15) is 36.4 Å². The quantitative estimate of drug-likeness (QED) is 0.779. The summed E-state index contributed by atoms with van der Waals surface area (Å²) in [5, 5.41) is 7.40. The van der Waals surface area contributed by atoms with E-state index >= 15 is 0 Å². The number of rotatable bonds is 1. The zero-order valence-corrected chi connectivity index (χ0v) is 16.5. The van der Waals surface area contributed by atoms with Gasteiger partial charge < -0.3 is 9.64 Å². The van der Waals surface area contributed by atoms with Crippen LogP contribution in [0.3, 0.4) is 0 Å². The number of quaternary nitrogens is 1. The second-order valence-corrected chi connectivity index (χ2v) is 8.58. The Kier molecular flexibility index (Phi) is 3.83. The molecule has 2 aromatic carbocycles. The van der Waals surface area contributed by atoms with E-state index in [1.165, 1.54) is 11.1 Å². The number of likely N-dealkylation sites (tertiary alicyclic amines) is 1. The van der Waals surface area contributed by atoms with Gasteiger partial charge in [0.1, 0.15) is 5.75 Å². The average Bonchev–Trinajstić information content (AvgIpc) is 3.12. The van der Waals surface area contributed by atoms with Crippen LogP contribution in [0.15, 0.2) is 58.1 Å². The number of ether oxygens (including phenoxy) is 1. The van der Waals surface area contributed by atoms with Gasteiger partial charge in [-0.2, -0.15) is 5.10 Å². The highest BCUT2D eigenvalue weighted by molar-refractivity contribution is 9.10. The van der Waals surface area contributed by atoms with Crippen molar-refractivity contribution in [3.8, 4) is 5.75 Å². The summed E-state index contributed by atoms with van der Waals surface area (Å²) < 4.78 is 7.74. The van der Waals surface area contributed by atoms with E-state index in [1.807, 2.05) is 0 Å². The molecular weight excluding hydrogens is 390 g/mol. The van der Waals surface area contributed by atoms with Crippen LogP contribution >= 0.6 is 15.9 Å². The predicted octanol–water partition coefficient (Wildman–Crippen LogP) is 3.00. The highest BCUT2D eigenvalue weighted by Gasteiger charge is 2.52. The van der Waals surface area contributed by atoms with E-state index in [2.05, 4.69) is 76.5 Å². The second kappa shape index (κ2) is 6.10. The Morgan fingerprint density at radius 1 is 1.15 bits per heavy atom. The normalized spacial score (nSPS) is 29.8. The van der Waals surface area contributed by atoms with Crippen molar-refractivity contribution < 1.29 is 9.64 Å². The first kappa shape index (κ1) is 16.3. The Labute approximate surface area is 162 Å². The maximum absolute atomic E-state index is 6.65. The Bertz CT molecular complexity index is 859. The van der Waals surface area contributed by atoms with Gasteiger partial charge in [-0.25, -0.2) is 5.01 Å². The number of fused-ring (bicyclic) bond motifs is 4. The highest BCUT2D eigenvalue weighted by atomic mass is 79.9. The fraction of sp³-hybridized carbons (Fsp3) is 0.381. The SMILES string of the molecule is C[NH+]1CCC2(CC1)Oc1ccc(Br)cc1[C@H]1CC(c3ccccc3)=NN12. The molecule has 0 aliphatic carbocycles. The zero-order chi connectivity index (χ0) is 17.7. The van der Waals surface area contributed by atoms with E-state index in [9.17, 15) is 0 Å². The van der Waals surface area contributed by atoms with Crippen molar-refractivity contribution in [3.05, 3.63) is 64.1 Å². The van der Waals surface area contributed by atoms with Crippen LogP contribution in [0.4, 0.5) is 0 Å². The molecule has 0 radical (unpaired) electrons. The average molecular weight is 413 g/mol. The molecule has 3 heterocycles. The topological polar surface area (TPSA) is 29.3 Å². The number of benzene rings is 2. The molecule has 5 heteroatoms. The Balaban J connectivity index is 1.60. The number of hydrogen-bond donors (Lipinski definition) is 1. The largest absolute Gasteiger partial charge is 0.466 e. The molecule has 26 heavy (non-hydrogen) atoms. The summed E-state index contributed by atoms with van der Waals surface area (Å²) >= 11 is 3.63. The maximum Gasteiger partial charge on any atom is 0.208 e. The third kappa shape index (κ3) is 2.57. The molecule has 134 valence electrons. The van der Waals surface area contributed by atoms with Crippen LogP contribution in [0.25, 0.3) is 0 Å². The van der Waals surface area contributed by atoms with Gasteiger partial charge in [0.25, 0.3) is 0 Å². The third-order valence-electron chi connectivity index (χ3n) is 5.95. The lowest BCUT2D eigenvalue weighted by Gasteiger charge is -2.49. The van der Waals surface area contributed by atoms with E-state index in [0.717, 1.165) is 48.3 Å². The molecule has 3 aliphatic heterocycles. The molecule has 2 aromatic rings. The van der Waals surface area contributed by atoms with Crippen molar-refractivity contribution in [3.63, 3.8) is 0 Å². The van der Waals surface area contributed by atoms with Gasteiger partial charge in [-0.3, -0.25) is 0 Å². The molecule has 0 unspecified atom stereocenters. The van der Waals surface area contributed by atoms with Crippen molar-refractivity contribution >= 4 is 21.6 Å². The van der Waals surface area contributed by atoms with E-state index in [4.69, 9.17) is 9.84 Å². The molecule has 1 atom stereocenters. The smallest absolute Gasteiger partial charge is 0.208 e. The van der Waals surface area contributed by atoms with Gasteiger partial charge in [-0.15, -0.1) is 0 Å². The molecule has 0 aromatic heterocycles. The monoisotopic (exact) mass is 412 g/mol. The molecular formula is C21H23BrN3O+. The van der Waals surface area contributed by atoms with Crippen LogP contribution in [0.2, 0.25) is 0 Å². The molecule has 5 rings (SSSR count). The zero-order valence-electron chi connectivity index (χ0n) is 14.9. The van der Waals surface area contributed by atoms with Crippen molar-refractivity contribution in [2.24, 2.45) is 5.10 Å². The summed E-state index contributed by atoms with van der Waals surface area (Å²) in [4.78, 5) is 1.57. The van der Waals surface area contributed by atoms with Crippen LogP contribution in [-0.2, 0) is 0 Å². The molecule has 1 spiro atoms. The molecule has 0 saturated carbocycles. The van der Waals surface area contributed by atoms with E-state index < -0.39 is 0 Å². The van der Waals surface area contributed by atoms with Gasteiger partial charge in [0.05, 0.1) is 44.7 Å². The van der Waals surface area contributed by atoms with Gasteiger partial charge in [-0.1, -0.05) is 46.3 Å². The summed E-state index contributed by atoms with van der Waals surface area (Å²) in [7, 11) is 2.26. The first-order valence-electron chi connectivity index (χ1n) is 9.37. The van der Waals surface area contributed by atoms with Crippen LogP contribution in [0.5, 0.6) is 5.75 Å². The Morgan fingerprint density at radius 2 is 1.92 bits per heavy atom. The maximum atomic E-state index is 6.65. The van der Waals surface area contributed by atoms with E-state index in [1.54, 1.807) is 4.90 Å². The minimum atomic E-state index is -0.304. The van der Waals surface area contributed by atoms with E-state index in [-0.39, 0.29) is 11.8 Å². The Hall–Kier alpha value is -1.85. The lowest BCUT2D eigenvalue weighted by molar-refractivity contribution is -0.888. The summed E-state index contributed by atoms with van der Waals surface area (Å²) in [6.45, 7) is 2.23. The molecule has 3 aliphatic rings. The summed E-state index contributed by atoms with van der Waals surface area (Å²) in [6, 6.07) is 17.2. The molecule has 1 N–H and O–H groups in total.